The van der Waals surface area contributed by atoms with Gasteiger partial charge < -0.3 is 14.2 Å². The number of benzene rings is 1. The fraction of sp³-hybridized carbons (Fsp3) is 0.737. The highest BCUT2D eigenvalue weighted by atomic mass is 32.2. The fourth-order valence-electron chi connectivity index (χ4n) is 10.9. The standard InChI is InChI=1S/C38H54O8S/c1-22-8-12-29(13-9-22)47(41,42)43-21-23(2)10-15-33-24(3)36-34(46-33)19-32-30-14-11-27-18-28(44-25(4)39)16-17-37(27,6)31(30)20-35(38(32,36)7)45-26(5)40/h8-9,12-13,23,27-28,30-32,34-36H,10-11,14-21H2,1-7H3/t23-,27+,28+,30-,31+,32+,34+,35-,36+,37+,38-/m1/s1. The molecule has 47 heavy (non-hydrogen) atoms. The third-order valence-corrected chi connectivity index (χ3v) is 14.5. The molecule has 5 aliphatic rings. The minimum atomic E-state index is -3.80. The number of rotatable bonds is 9. The van der Waals surface area contributed by atoms with Crippen LogP contribution in [-0.2, 0) is 38.1 Å². The van der Waals surface area contributed by atoms with Gasteiger partial charge in [-0.2, -0.15) is 8.42 Å². The van der Waals surface area contributed by atoms with Gasteiger partial charge in [0.15, 0.2) is 0 Å². The molecule has 1 aliphatic heterocycles. The van der Waals surface area contributed by atoms with Crippen LogP contribution in [0.1, 0.15) is 105 Å². The highest BCUT2D eigenvalue weighted by Gasteiger charge is 2.68. The molecule has 0 aromatic heterocycles. The summed E-state index contributed by atoms with van der Waals surface area (Å²) in [6.07, 6.45) is 8.38. The molecule has 11 atom stereocenters. The predicted octanol–water partition coefficient (Wildman–Crippen LogP) is 7.53. The zero-order valence-electron chi connectivity index (χ0n) is 29.3. The lowest BCUT2D eigenvalue weighted by molar-refractivity contribution is -0.193. The number of hydrogen-bond donors (Lipinski definition) is 0. The molecule has 4 saturated carbocycles. The fourth-order valence-corrected chi connectivity index (χ4v) is 11.9. The van der Waals surface area contributed by atoms with Crippen molar-refractivity contribution in [3.05, 3.63) is 41.2 Å². The molecule has 9 heteroatoms. The van der Waals surface area contributed by atoms with Crippen molar-refractivity contribution < 1.29 is 36.4 Å². The monoisotopic (exact) mass is 670 g/mol. The van der Waals surface area contributed by atoms with Gasteiger partial charge >= 0.3 is 11.9 Å². The largest absolute Gasteiger partial charge is 0.494 e. The number of fused-ring (bicyclic) bond motifs is 7. The van der Waals surface area contributed by atoms with Crippen LogP contribution in [0, 0.1) is 53.3 Å². The summed E-state index contributed by atoms with van der Waals surface area (Å²) in [6.45, 7) is 14.1. The Balaban J connectivity index is 1.15. The van der Waals surface area contributed by atoms with Crippen molar-refractivity contribution in [3.8, 4) is 0 Å². The van der Waals surface area contributed by atoms with Gasteiger partial charge in [-0.1, -0.05) is 38.5 Å². The van der Waals surface area contributed by atoms with Crippen LogP contribution in [0.4, 0.5) is 0 Å². The molecule has 0 bridgehead atoms. The molecular formula is C38H54O8S. The Morgan fingerprint density at radius 3 is 2.34 bits per heavy atom. The lowest BCUT2D eigenvalue weighted by Crippen LogP contribution is -2.59. The molecule has 4 aliphatic carbocycles. The average molecular weight is 671 g/mol. The Hall–Kier alpha value is -2.39. The number of allylic oxidation sites excluding steroid dienone is 1. The first-order valence-corrected chi connectivity index (χ1v) is 19.2. The van der Waals surface area contributed by atoms with Crippen LogP contribution in [-0.4, -0.2) is 45.3 Å². The van der Waals surface area contributed by atoms with Crippen molar-refractivity contribution >= 4 is 22.1 Å². The van der Waals surface area contributed by atoms with Crippen LogP contribution in [0.2, 0.25) is 0 Å². The minimum Gasteiger partial charge on any atom is -0.494 e. The van der Waals surface area contributed by atoms with Crippen LogP contribution in [0.25, 0.3) is 0 Å². The van der Waals surface area contributed by atoms with Gasteiger partial charge in [0.2, 0.25) is 0 Å². The summed E-state index contributed by atoms with van der Waals surface area (Å²) in [7, 11) is -3.80. The molecule has 260 valence electrons. The van der Waals surface area contributed by atoms with Crippen molar-refractivity contribution in [3.63, 3.8) is 0 Å². The summed E-state index contributed by atoms with van der Waals surface area (Å²) in [5.41, 5.74) is 2.19. The predicted molar refractivity (Wildman–Crippen MR) is 177 cm³/mol. The third-order valence-electron chi connectivity index (χ3n) is 13.2. The van der Waals surface area contributed by atoms with E-state index in [4.69, 9.17) is 18.4 Å². The van der Waals surface area contributed by atoms with E-state index in [0.29, 0.717) is 23.7 Å². The second kappa shape index (κ2) is 12.8. The zero-order valence-corrected chi connectivity index (χ0v) is 30.1. The van der Waals surface area contributed by atoms with Gasteiger partial charge in [0.25, 0.3) is 10.1 Å². The smallest absolute Gasteiger partial charge is 0.302 e. The number of aryl methyl sites for hydroxylation is 1. The molecule has 4 fully saturated rings. The molecule has 0 spiro atoms. The summed E-state index contributed by atoms with van der Waals surface area (Å²) < 4.78 is 49.6. The van der Waals surface area contributed by atoms with Gasteiger partial charge in [-0.05, 0) is 118 Å². The van der Waals surface area contributed by atoms with E-state index in [1.165, 1.54) is 19.4 Å². The number of esters is 2. The molecule has 6 rings (SSSR count). The Bertz CT molecular complexity index is 1500. The van der Waals surface area contributed by atoms with Crippen LogP contribution in [0.3, 0.4) is 0 Å². The molecule has 8 nitrogen and oxygen atoms in total. The number of carbonyl (C=O) groups is 2. The van der Waals surface area contributed by atoms with E-state index in [1.54, 1.807) is 24.3 Å². The number of carbonyl (C=O) groups excluding carboxylic acids is 2. The maximum Gasteiger partial charge on any atom is 0.302 e. The second-order valence-corrected chi connectivity index (χ2v) is 17.6. The first-order valence-electron chi connectivity index (χ1n) is 17.8. The number of hydrogen-bond acceptors (Lipinski definition) is 8. The maximum atomic E-state index is 12.7. The summed E-state index contributed by atoms with van der Waals surface area (Å²) in [4.78, 5) is 24.5. The minimum absolute atomic E-state index is 0.0116. The van der Waals surface area contributed by atoms with Gasteiger partial charge in [-0.3, -0.25) is 13.8 Å². The van der Waals surface area contributed by atoms with Crippen molar-refractivity contribution in [2.45, 2.75) is 129 Å². The second-order valence-electron chi connectivity index (χ2n) is 16.0. The molecule has 0 N–H and O–H groups in total. The van der Waals surface area contributed by atoms with E-state index in [2.05, 4.69) is 20.8 Å². The molecule has 0 unspecified atom stereocenters. The topological polar surface area (TPSA) is 105 Å². The van der Waals surface area contributed by atoms with E-state index in [9.17, 15) is 18.0 Å². The molecule has 0 amide bonds. The molecule has 1 heterocycles. The average Bonchev–Trinajstić information content (AvgIpc) is 3.48. The van der Waals surface area contributed by atoms with Crippen LogP contribution >= 0.6 is 0 Å². The Morgan fingerprint density at radius 1 is 0.957 bits per heavy atom. The van der Waals surface area contributed by atoms with Gasteiger partial charge in [0.05, 0.1) is 17.3 Å². The van der Waals surface area contributed by atoms with Gasteiger partial charge in [-0.15, -0.1) is 0 Å². The highest BCUT2D eigenvalue weighted by Crippen LogP contribution is 2.70. The molecule has 1 aromatic rings. The first-order chi connectivity index (χ1) is 22.1. The van der Waals surface area contributed by atoms with Crippen molar-refractivity contribution in [1.82, 2.24) is 0 Å². The van der Waals surface area contributed by atoms with Crippen molar-refractivity contribution in [1.29, 1.82) is 0 Å². The molecule has 0 saturated heterocycles. The van der Waals surface area contributed by atoms with E-state index in [-0.39, 0.29) is 64.4 Å². The summed E-state index contributed by atoms with van der Waals surface area (Å²) in [6, 6.07) is 6.72. The summed E-state index contributed by atoms with van der Waals surface area (Å²) >= 11 is 0. The van der Waals surface area contributed by atoms with Crippen molar-refractivity contribution in [2.24, 2.45) is 46.3 Å². The molecule has 1 aromatic carbocycles. The van der Waals surface area contributed by atoms with Gasteiger partial charge in [0, 0.05) is 31.6 Å². The van der Waals surface area contributed by atoms with Gasteiger partial charge in [-0.25, -0.2) is 0 Å². The van der Waals surface area contributed by atoms with Crippen molar-refractivity contribution in [2.75, 3.05) is 6.61 Å². The first kappa shape index (κ1) is 34.5. The Morgan fingerprint density at radius 2 is 1.66 bits per heavy atom. The van der Waals surface area contributed by atoms with E-state index < -0.39 is 10.1 Å². The van der Waals surface area contributed by atoms with Gasteiger partial charge in [0.1, 0.15) is 18.3 Å². The zero-order chi connectivity index (χ0) is 33.9. The van der Waals surface area contributed by atoms with Crippen LogP contribution in [0.5, 0.6) is 0 Å². The van der Waals surface area contributed by atoms with E-state index in [1.807, 2.05) is 13.8 Å². The maximum absolute atomic E-state index is 12.7. The third kappa shape index (κ3) is 6.28. The molecular weight excluding hydrogens is 616 g/mol. The SMILES string of the molecule is CC(=O)O[C@H]1CC[C@@]2(C)[C@@H](CC[C@@H]3[C@@H]2C[C@@H](OC(C)=O)[C@@]2(C)[C@H]3C[C@@H]3OC(CC[C@@H](C)COS(=O)(=O)c4ccc(C)cc4)=C(C)[C@@H]32)C1. The Kier molecular flexibility index (Phi) is 9.40. The van der Waals surface area contributed by atoms with Crippen LogP contribution < -0.4 is 0 Å². The normalized spacial score (nSPS) is 38.4. The number of ether oxygens (including phenoxy) is 3. The van der Waals surface area contributed by atoms with E-state index >= 15 is 0 Å². The molecule has 0 radical (unpaired) electrons. The Labute approximate surface area is 281 Å². The summed E-state index contributed by atoms with van der Waals surface area (Å²) in [5, 5.41) is 0. The lowest BCUT2D eigenvalue weighted by Gasteiger charge is -2.62. The highest BCUT2D eigenvalue weighted by molar-refractivity contribution is 7.86. The lowest BCUT2D eigenvalue weighted by atomic mass is 9.44. The van der Waals surface area contributed by atoms with E-state index in [0.717, 1.165) is 69.1 Å². The van der Waals surface area contributed by atoms with Crippen LogP contribution in [0.15, 0.2) is 40.5 Å². The summed E-state index contributed by atoms with van der Waals surface area (Å²) in [5.74, 6) is 2.74. The quantitative estimate of drug-likeness (QED) is 0.196.